The van der Waals surface area contributed by atoms with Gasteiger partial charge in [-0.2, -0.15) is 0 Å². The highest BCUT2D eigenvalue weighted by Gasteiger charge is 2.33. The van der Waals surface area contributed by atoms with Crippen LogP contribution in [0.1, 0.15) is 38.5 Å². The number of carbonyl (C=O) groups excluding carboxylic acids is 1. The topological polar surface area (TPSA) is 52.6 Å². The average Bonchev–Trinajstić information content (AvgIpc) is 2.57. The van der Waals surface area contributed by atoms with Gasteiger partial charge in [-0.1, -0.05) is 25.7 Å². The maximum absolute atomic E-state index is 11.7. The minimum Gasteiger partial charge on any atom is -0.394 e. The van der Waals surface area contributed by atoms with Crippen molar-refractivity contribution in [1.29, 1.82) is 0 Å². The third-order valence-electron chi connectivity index (χ3n) is 3.84. The molecule has 1 saturated carbocycles. The summed E-state index contributed by atoms with van der Waals surface area (Å²) in [5.41, 5.74) is 0. The van der Waals surface area contributed by atoms with E-state index in [2.05, 4.69) is 10.2 Å². The molecular weight excluding hydrogens is 204 g/mol. The van der Waals surface area contributed by atoms with Gasteiger partial charge in [-0.3, -0.25) is 9.69 Å². The lowest BCUT2D eigenvalue weighted by Gasteiger charge is -2.39. The summed E-state index contributed by atoms with van der Waals surface area (Å²) in [5, 5.41) is 12.2. The van der Waals surface area contributed by atoms with Gasteiger partial charge in [0.05, 0.1) is 6.61 Å². The first-order valence-electron chi connectivity index (χ1n) is 6.47. The van der Waals surface area contributed by atoms with Crippen molar-refractivity contribution in [3.8, 4) is 0 Å². The molecule has 1 heterocycles. The van der Waals surface area contributed by atoms with Crippen LogP contribution in [0.5, 0.6) is 0 Å². The standard InChI is InChI=1S/C12H22N2O2/c15-9-11-12(16)13-7-8-14(11)10-5-3-1-2-4-6-10/h10-11,15H,1-9H2,(H,13,16). The van der Waals surface area contributed by atoms with E-state index in [-0.39, 0.29) is 18.6 Å². The summed E-state index contributed by atoms with van der Waals surface area (Å²) in [5.74, 6) is -0.00185. The SMILES string of the molecule is O=C1NCCN(C2CCCCCC2)C1CO. The summed E-state index contributed by atoms with van der Waals surface area (Å²) in [7, 11) is 0. The van der Waals surface area contributed by atoms with E-state index in [0.29, 0.717) is 6.04 Å². The maximum Gasteiger partial charge on any atom is 0.239 e. The molecule has 0 radical (unpaired) electrons. The summed E-state index contributed by atoms with van der Waals surface area (Å²) in [6, 6.07) is 0.197. The van der Waals surface area contributed by atoms with Crippen LogP contribution in [-0.4, -0.2) is 47.7 Å². The molecule has 2 rings (SSSR count). The van der Waals surface area contributed by atoms with Crippen molar-refractivity contribution in [2.24, 2.45) is 0 Å². The first kappa shape index (κ1) is 11.9. The van der Waals surface area contributed by atoms with Gasteiger partial charge in [0.1, 0.15) is 6.04 Å². The average molecular weight is 226 g/mol. The molecule has 1 aliphatic heterocycles. The highest BCUT2D eigenvalue weighted by molar-refractivity contribution is 5.82. The minimum absolute atomic E-state index is 0.00185. The summed E-state index contributed by atoms with van der Waals surface area (Å²) in [4.78, 5) is 13.9. The Morgan fingerprint density at radius 2 is 1.94 bits per heavy atom. The molecule has 2 N–H and O–H groups in total. The fraction of sp³-hybridized carbons (Fsp3) is 0.917. The van der Waals surface area contributed by atoms with Crippen LogP contribution in [0.3, 0.4) is 0 Å². The molecule has 4 heteroatoms. The van der Waals surface area contributed by atoms with E-state index in [0.717, 1.165) is 13.1 Å². The molecule has 0 spiro atoms. The van der Waals surface area contributed by atoms with E-state index in [1.54, 1.807) is 0 Å². The molecule has 1 amide bonds. The van der Waals surface area contributed by atoms with Gasteiger partial charge >= 0.3 is 0 Å². The van der Waals surface area contributed by atoms with Gasteiger partial charge < -0.3 is 10.4 Å². The van der Waals surface area contributed by atoms with Crippen molar-refractivity contribution < 1.29 is 9.90 Å². The lowest BCUT2D eigenvalue weighted by molar-refractivity contribution is -0.132. The number of nitrogens with one attached hydrogen (secondary N) is 1. The Labute approximate surface area is 97.0 Å². The number of aliphatic hydroxyl groups excluding tert-OH is 1. The van der Waals surface area contributed by atoms with E-state index >= 15 is 0 Å². The van der Waals surface area contributed by atoms with Crippen LogP contribution in [0.25, 0.3) is 0 Å². The third-order valence-corrected chi connectivity index (χ3v) is 3.84. The largest absolute Gasteiger partial charge is 0.394 e. The van der Waals surface area contributed by atoms with E-state index in [4.69, 9.17) is 0 Å². The molecule has 1 unspecified atom stereocenters. The molecule has 0 aromatic rings. The van der Waals surface area contributed by atoms with Crippen LogP contribution in [0.15, 0.2) is 0 Å². The number of piperazine rings is 1. The summed E-state index contributed by atoms with van der Waals surface area (Å²) < 4.78 is 0. The molecule has 0 bridgehead atoms. The highest BCUT2D eigenvalue weighted by Crippen LogP contribution is 2.24. The predicted octanol–water partition coefficient (Wildman–Crippen LogP) is 0.502. The molecular formula is C12H22N2O2. The fourth-order valence-electron chi connectivity index (χ4n) is 2.95. The van der Waals surface area contributed by atoms with Crippen LogP contribution in [0.2, 0.25) is 0 Å². The zero-order chi connectivity index (χ0) is 11.4. The van der Waals surface area contributed by atoms with Gasteiger partial charge in [-0.25, -0.2) is 0 Å². The van der Waals surface area contributed by atoms with Crippen LogP contribution in [-0.2, 0) is 4.79 Å². The van der Waals surface area contributed by atoms with Crippen LogP contribution >= 0.6 is 0 Å². The number of hydrogen-bond acceptors (Lipinski definition) is 3. The molecule has 1 saturated heterocycles. The Kier molecular flexibility index (Phi) is 4.18. The molecule has 2 fully saturated rings. The molecule has 92 valence electrons. The van der Waals surface area contributed by atoms with Gasteiger partial charge in [0, 0.05) is 19.1 Å². The Morgan fingerprint density at radius 3 is 2.56 bits per heavy atom. The van der Waals surface area contributed by atoms with Crippen LogP contribution < -0.4 is 5.32 Å². The number of carbonyl (C=O) groups is 1. The minimum atomic E-state index is -0.308. The van der Waals surface area contributed by atoms with Crippen LogP contribution in [0, 0.1) is 0 Å². The summed E-state index contributed by atoms with van der Waals surface area (Å²) in [6.45, 7) is 1.57. The Hall–Kier alpha value is -0.610. The molecule has 1 atom stereocenters. The molecule has 2 aliphatic rings. The fourth-order valence-corrected chi connectivity index (χ4v) is 2.95. The van der Waals surface area contributed by atoms with Gasteiger partial charge in [-0.05, 0) is 12.8 Å². The Bertz CT molecular complexity index is 237. The zero-order valence-corrected chi connectivity index (χ0v) is 9.82. The number of amides is 1. The number of aliphatic hydroxyl groups is 1. The van der Waals surface area contributed by atoms with Crippen molar-refractivity contribution in [3.05, 3.63) is 0 Å². The van der Waals surface area contributed by atoms with Gasteiger partial charge in [0.25, 0.3) is 0 Å². The van der Waals surface area contributed by atoms with Crippen molar-refractivity contribution in [3.63, 3.8) is 0 Å². The second-order valence-corrected chi connectivity index (χ2v) is 4.87. The normalized spacial score (nSPS) is 29.8. The third kappa shape index (κ3) is 2.55. The lowest BCUT2D eigenvalue weighted by Crippen LogP contribution is -2.59. The van der Waals surface area contributed by atoms with E-state index in [9.17, 15) is 9.90 Å². The number of hydrogen-bond donors (Lipinski definition) is 2. The maximum atomic E-state index is 11.7. The first-order chi connectivity index (χ1) is 7.83. The van der Waals surface area contributed by atoms with E-state index in [1.807, 2.05) is 0 Å². The predicted molar refractivity (Wildman–Crippen MR) is 62.1 cm³/mol. The van der Waals surface area contributed by atoms with Gasteiger partial charge in [-0.15, -0.1) is 0 Å². The zero-order valence-electron chi connectivity index (χ0n) is 9.82. The quantitative estimate of drug-likeness (QED) is 0.674. The smallest absolute Gasteiger partial charge is 0.239 e. The van der Waals surface area contributed by atoms with Crippen molar-refractivity contribution in [2.75, 3.05) is 19.7 Å². The van der Waals surface area contributed by atoms with Crippen molar-refractivity contribution >= 4 is 5.91 Å². The second-order valence-electron chi connectivity index (χ2n) is 4.87. The van der Waals surface area contributed by atoms with E-state index in [1.165, 1.54) is 38.5 Å². The second kappa shape index (κ2) is 5.64. The molecule has 0 aromatic heterocycles. The van der Waals surface area contributed by atoms with Crippen LogP contribution in [0.4, 0.5) is 0 Å². The van der Waals surface area contributed by atoms with E-state index < -0.39 is 0 Å². The molecule has 16 heavy (non-hydrogen) atoms. The number of nitrogens with zero attached hydrogens (tertiary/aromatic N) is 1. The Balaban J connectivity index is 2.01. The van der Waals surface area contributed by atoms with Gasteiger partial charge in [0.15, 0.2) is 0 Å². The Morgan fingerprint density at radius 1 is 1.25 bits per heavy atom. The summed E-state index contributed by atoms with van der Waals surface area (Å²) in [6.07, 6.45) is 7.54. The highest BCUT2D eigenvalue weighted by atomic mass is 16.3. The molecule has 0 aromatic carbocycles. The molecule has 1 aliphatic carbocycles. The van der Waals surface area contributed by atoms with Crippen molar-refractivity contribution in [1.82, 2.24) is 10.2 Å². The first-order valence-corrected chi connectivity index (χ1v) is 6.47. The lowest BCUT2D eigenvalue weighted by atomic mass is 10.0. The molecule has 4 nitrogen and oxygen atoms in total. The summed E-state index contributed by atoms with van der Waals surface area (Å²) >= 11 is 0. The van der Waals surface area contributed by atoms with Gasteiger partial charge in [0.2, 0.25) is 5.91 Å². The van der Waals surface area contributed by atoms with Crippen molar-refractivity contribution in [2.45, 2.75) is 50.6 Å². The number of rotatable bonds is 2. The monoisotopic (exact) mass is 226 g/mol.